The normalized spacial score (nSPS) is 23.3. The predicted octanol–water partition coefficient (Wildman–Crippen LogP) is 4.13. The van der Waals surface area contributed by atoms with Crippen molar-refractivity contribution in [2.45, 2.75) is 51.9 Å². The Labute approximate surface area is 118 Å². The van der Waals surface area contributed by atoms with Crippen LogP contribution in [-0.4, -0.2) is 9.97 Å². The molecule has 0 aromatic carbocycles. The number of fused-ring (bicyclic) bond motifs is 1. The number of rotatable bonds is 3. The molecule has 0 amide bonds. The summed E-state index contributed by atoms with van der Waals surface area (Å²) in [6.07, 6.45) is 6.07. The molecule has 0 spiro atoms. The Hall–Kier alpha value is -1.16. The zero-order chi connectivity index (χ0) is 13.4. The van der Waals surface area contributed by atoms with Gasteiger partial charge in [0, 0.05) is 10.8 Å². The lowest BCUT2D eigenvalue weighted by molar-refractivity contribution is 0.517. The third-order valence-electron chi connectivity index (χ3n) is 4.32. The van der Waals surface area contributed by atoms with Gasteiger partial charge in [-0.05, 0) is 37.7 Å². The van der Waals surface area contributed by atoms with E-state index in [1.165, 1.54) is 30.6 Å². The standard InChI is InChI=1S/C15H21N3S/c1-3-9-5-6-10(7-9)14-17-13(16)12-8-11(4-2)19-15(12)18-14/h8-10H,3-7H2,1-2H3,(H2,16,17,18). The molecule has 19 heavy (non-hydrogen) atoms. The van der Waals surface area contributed by atoms with Crippen LogP contribution in [0.3, 0.4) is 0 Å². The number of hydrogen-bond donors (Lipinski definition) is 1. The van der Waals surface area contributed by atoms with Crippen LogP contribution in [0.2, 0.25) is 0 Å². The van der Waals surface area contributed by atoms with E-state index < -0.39 is 0 Å². The number of nitrogens with two attached hydrogens (primary N) is 1. The van der Waals surface area contributed by atoms with E-state index in [1.807, 2.05) is 0 Å². The number of thiophene rings is 1. The number of anilines is 1. The van der Waals surface area contributed by atoms with Crippen molar-refractivity contribution in [1.29, 1.82) is 0 Å². The molecule has 0 bridgehead atoms. The van der Waals surface area contributed by atoms with Gasteiger partial charge < -0.3 is 5.73 Å². The first-order valence-corrected chi connectivity index (χ1v) is 8.08. The summed E-state index contributed by atoms with van der Waals surface area (Å²) in [6.45, 7) is 4.44. The van der Waals surface area contributed by atoms with E-state index in [0.29, 0.717) is 11.7 Å². The molecule has 1 saturated carbocycles. The zero-order valence-corrected chi connectivity index (χ0v) is 12.5. The Balaban J connectivity index is 1.96. The van der Waals surface area contributed by atoms with Crippen LogP contribution in [-0.2, 0) is 6.42 Å². The van der Waals surface area contributed by atoms with Crippen molar-refractivity contribution in [1.82, 2.24) is 9.97 Å². The van der Waals surface area contributed by atoms with E-state index in [1.54, 1.807) is 11.3 Å². The van der Waals surface area contributed by atoms with Gasteiger partial charge in [0.2, 0.25) is 0 Å². The molecule has 3 rings (SSSR count). The summed E-state index contributed by atoms with van der Waals surface area (Å²) in [6, 6.07) is 2.14. The lowest BCUT2D eigenvalue weighted by atomic mass is 10.0. The maximum atomic E-state index is 6.12. The largest absolute Gasteiger partial charge is 0.383 e. The summed E-state index contributed by atoms with van der Waals surface area (Å²) in [4.78, 5) is 11.8. The molecular formula is C15H21N3S. The quantitative estimate of drug-likeness (QED) is 0.916. The van der Waals surface area contributed by atoms with Crippen molar-refractivity contribution >= 4 is 27.4 Å². The smallest absolute Gasteiger partial charge is 0.135 e. The molecular weight excluding hydrogens is 254 g/mol. The summed E-state index contributed by atoms with van der Waals surface area (Å²) < 4.78 is 0. The van der Waals surface area contributed by atoms with Gasteiger partial charge in [-0.25, -0.2) is 9.97 Å². The van der Waals surface area contributed by atoms with Crippen LogP contribution in [0.1, 0.15) is 56.2 Å². The van der Waals surface area contributed by atoms with Gasteiger partial charge >= 0.3 is 0 Å². The number of aryl methyl sites for hydroxylation is 1. The highest BCUT2D eigenvalue weighted by Gasteiger charge is 2.27. The van der Waals surface area contributed by atoms with E-state index in [9.17, 15) is 0 Å². The second kappa shape index (κ2) is 5.08. The minimum atomic E-state index is 0.517. The molecule has 2 heterocycles. The topological polar surface area (TPSA) is 51.8 Å². The monoisotopic (exact) mass is 275 g/mol. The van der Waals surface area contributed by atoms with Crippen LogP contribution in [0.25, 0.3) is 10.2 Å². The van der Waals surface area contributed by atoms with Crippen LogP contribution in [0.5, 0.6) is 0 Å². The van der Waals surface area contributed by atoms with Gasteiger partial charge in [0.05, 0.1) is 5.39 Å². The number of aromatic nitrogens is 2. The molecule has 3 nitrogen and oxygen atoms in total. The van der Waals surface area contributed by atoms with Crippen LogP contribution < -0.4 is 5.73 Å². The Kier molecular flexibility index (Phi) is 3.44. The molecule has 0 aliphatic heterocycles. The molecule has 0 radical (unpaired) electrons. The van der Waals surface area contributed by atoms with E-state index in [2.05, 4.69) is 24.9 Å². The van der Waals surface area contributed by atoms with E-state index in [-0.39, 0.29) is 0 Å². The first-order chi connectivity index (χ1) is 9.21. The van der Waals surface area contributed by atoms with Gasteiger partial charge in [-0.3, -0.25) is 0 Å². The molecule has 4 heteroatoms. The number of hydrogen-bond acceptors (Lipinski definition) is 4. The van der Waals surface area contributed by atoms with Crippen LogP contribution >= 0.6 is 11.3 Å². The fourth-order valence-corrected chi connectivity index (χ4v) is 4.03. The highest BCUT2D eigenvalue weighted by atomic mass is 32.1. The zero-order valence-electron chi connectivity index (χ0n) is 11.6. The van der Waals surface area contributed by atoms with Crippen LogP contribution in [0.15, 0.2) is 6.07 Å². The molecule has 1 aliphatic rings. The molecule has 2 aromatic rings. The molecule has 102 valence electrons. The highest BCUT2D eigenvalue weighted by molar-refractivity contribution is 7.18. The summed E-state index contributed by atoms with van der Waals surface area (Å²) in [5.74, 6) is 3.00. The maximum absolute atomic E-state index is 6.12. The summed E-state index contributed by atoms with van der Waals surface area (Å²) in [7, 11) is 0. The van der Waals surface area contributed by atoms with Crippen molar-refractivity contribution in [2.24, 2.45) is 5.92 Å². The first-order valence-electron chi connectivity index (χ1n) is 7.27. The molecule has 1 fully saturated rings. The lowest BCUT2D eigenvalue weighted by Gasteiger charge is -2.09. The minimum Gasteiger partial charge on any atom is -0.383 e. The van der Waals surface area contributed by atoms with Gasteiger partial charge in [0.15, 0.2) is 0 Å². The molecule has 2 unspecified atom stereocenters. The van der Waals surface area contributed by atoms with Crippen molar-refractivity contribution in [3.8, 4) is 0 Å². The summed E-state index contributed by atoms with van der Waals surface area (Å²) >= 11 is 1.76. The van der Waals surface area contributed by atoms with Gasteiger partial charge in [-0.1, -0.05) is 20.3 Å². The molecule has 0 saturated heterocycles. The summed E-state index contributed by atoms with van der Waals surface area (Å²) in [5, 5.41) is 1.04. The second-order valence-electron chi connectivity index (χ2n) is 5.54. The van der Waals surface area contributed by atoms with E-state index >= 15 is 0 Å². The fourth-order valence-electron chi connectivity index (χ4n) is 3.05. The Morgan fingerprint density at radius 2 is 2.16 bits per heavy atom. The van der Waals surface area contributed by atoms with Crippen LogP contribution in [0.4, 0.5) is 5.82 Å². The fraction of sp³-hybridized carbons (Fsp3) is 0.600. The Morgan fingerprint density at radius 3 is 2.84 bits per heavy atom. The second-order valence-corrected chi connectivity index (χ2v) is 6.65. The van der Waals surface area contributed by atoms with Crippen molar-refractivity contribution in [3.05, 3.63) is 16.8 Å². The van der Waals surface area contributed by atoms with Crippen molar-refractivity contribution < 1.29 is 0 Å². The van der Waals surface area contributed by atoms with Gasteiger partial charge in [0.25, 0.3) is 0 Å². The predicted molar refractivity (Wildman–Crippen MR) is 81.6 cm³/mol. The molecule has 2 aromatic heterocycles. The minimum absolute atomic E-state index is 0.517. The third kappa shape index (κ3) is 2.34. The third-order valence-corrected chi connectivity index (χ3v) is 5.50. The Bertz CT molecular complexity index is 590. The Morgan fingerprint density at radius 1 is 1.32 bits per heavy atom. The molecule has 1 aliphatic carbocycles. The van der Waals surface area contributed by atoms with Gasteiger partial charge in [0.1, 0.15) is 16.5 Å². The molecule has 2 N–H and O–H groups in total. The highest BCUT2D eigenvalue weighted by Crippen LogP contribution is 2.39. The lowest BCUT2D eigenvalue weighted by Crippen LogP contribution is -2.04. The van der Waals surface area contributed by atoms with Gasteiger partial charge in [-0.15, -0.1) is 11.3 Å². The average molecular weight is 275 g/mol. The average Bonchev–Trinajstić information content (AvgIpc) is 3.04. The van der Waals surface area contributed by atoms with Crippen molar-refractivity contribution in [2.75, 3.05) is 5.73 Å². The maximum Gasteiger partial charge on any atom is 0.135 e. The number of nitrogen functional groups attached to an aromatic ring is 1. The van der Waals surface area contributed by atoms with Crippen molar-refractivity contribution in [3.63, 3.8) is 0 Å². The number of nitrogens with zero attached hydrogens (tertiary/aromatic N) is 2. The van der Waals surface area contributed by atoms with Crippen LogP contribution in [0, 0.1) is 5.92 Å². The van der Waals surface area contributed by atoms with E-state index in [0.717, 1.165) is 28.4 Å². The van der Waals surface area contributed by atoms with Gasteiger partial charge in [-0.2, -0.15) is 0 Å². The molecule has 2 atom stereocenters. The van der Waals surface area contributed by atoms with E-state index in [4.69, 9.17) is 10.7 Å². The first kappa shape index (κ1) is 12.9. The SMILES string of the molecule is CCc1cc2c(N)nc(C3CCC(CC)C3)nc2s1. The summed E-state index contributed by atoms with van der Waals surface area (Å²) in [5.41, 5.74) is 6.12.